The predicted molar refractivity (Wildman–Crippen MR) is 90.1 cm³/mol. The van der Waals surface area contributed by atoms with Crippen LogP contribution in [0.25, 0.3) is 0 Å². The van der Waals surface area contributed by atoms with Gasteiger partial charge in [-0.25, -0.2) is 13.2 Å². The molecule has 0 aliphatic heterocycles. The lowest BCUT2D eigenvalue weighted by Gasteiger charge is -2.33. The molecule has 0 radical (unpaired) electrons. The molecule has 3 atom stereocenters. The van der Waals surface area contributed by atoms with Crippen molar-refractivity contribution in [1.29, 1.82) is 0 Å². The van der Waals surface area contributed by atoms with E-state index in [-0.39, 0.29) is 36.3 Å². The summed E-state index contributed by atoms with van der Waals surface area (Å²) in [5.74, 6) is -4.85. The van der Waals surface area contributed by atoms with Crippen LogP contribution in [0.2, 0.25) is 0 Å². The van der Waals surface area contributed by atoms with Crippen LogP contribution in [-0.2, 0) is 11.0 Å². The van der Waals surface area contributed by atoms with Gasteiger partial charge in [-0.1, -0.05) is 11.6 Å². The Morgan fingerprint density at radius 1 is 1.18 bits per heavy atom. The highest BCUT2D eigenvalue weighted by molar-refractivity contribution is 5.93. The third-order valence-electron chi connectivity index (χ3n) is 6.18. The number of nitrogens with one attached hydrogen (secondary N) is 1. The van der Waals surface area contributed by atoms with Crippen LogP contribution in [0.4, 0.5) is 32.0 Å². The van der Waals surface area contributed by atoms with Crippen molar-refractivity contribution in [1.82, 2.24) is 0 Å². The third kappa shape index (κ3) is 3.53. The van der Waals surface area contributed by atoms with Crippen LogP contribution in [0, 0.1) is 29.5 Å². The molecule has 28 heavy (non-hydrogen) atoms. The first-order valence-corrected chi connectivity index (χ1v) is 9.30. The lowest BCUT2D eigenvalue weighted by molar-refractivity contribution is -0.140. The van der Waals surface area contributed by atoms with Crippen molar-refractivity contribution >= 4 is 11.6 Å². The third-order valence-corrected chi connectivity index (χ3v) is 6.18. The number of amides is 1. The second kappa shape index (κ2) is 6.52. The normalized spacial score (nSPS) is 30.5. The van der Waals surface area contributed by atoms with Crippen LogP contribution in [0.1, 0.15) is 37.7 Å². The van der Waals surface area contributed by atoms with Crippen LogP contribution < -0.4 is 5.32 Å². The quantitative estimate of drug-likeness (QED) is 0.502. The highest BCUT2D eigenvalue weighted by atomic mass is 19.4. The molecular formula is C20H19F6NO. The van der Waals surface area contributed by atoms with Crippen molar-refractivity contribution in [2.24, 2.45) is 23.7 Å². The number of halogens is 6. The summed E-state index contributed by atoms with van der Waals surface area (Å²) in [4.78, 5) is 12.6. The Bertz CT molecular complexity index is 822. The topological polar surface area (TPSA) is 29.1 Å². The van der Waals surface area contributed by atoms with Gasteiger partial charge >= 0.3 is 6.18 Å². The Morgan fingerprint density at radius 3 is 2.54 bits per heavy atom. The molecule has 2 nitrogen and oxygen atoms in total. The molecule has 0 heterocycles. The Kier molecular flexibility index (Phi) is 4.50. The average Bonchev–Trinajstić information content (AvgIpc) is 3.11. The van der Waals surface area contributed by atoms with Crippen molar-refractivity contribution in [3.05, 3.63) is 41.2 Å². The number of allylic oxidation sites excluding steroid dienone is 2. The Labute approximate surface area is 158 Å². The highest BCUT2D eigenvalue weighted by Crippen LogP contribution is 2.55. The van der Waals surface area contributed by atoms with Gasteiger partial charge in [0.2, 0.25) is 11.8 Å². The van der Waals surface area contributed by atoms with Crippen LogP contribution in [-0.4, -0.2) is 11.8 Å². The first kappa shape index (κ1) is 19.3. The molecule has 1 aromatic carbocycles. The summed E-state index contributed by atoms with van der Waals surface area (Å²) in [5, 5.41) is 2.47. The van der Waals surface area contributed by atoms with Crippen molar-refractivity contribution in [2.45, 2.75) is 44.2 Å². The number of hydrogen-bond acceptors (Lipinski definition) is 1. The number of benzene rings is 1. The molecule has 8 heteroatoms. The Balaban J connectivity index is 1.46. The van der Waals surface area contributed by atoms with Gasteiger partial charge < -0.3 is 5.32 Å². The monoisotopic (exact) mass is 403 g/mol. The average molecular weight is 403 g/mol. The van der Waals surface area contributed by atoms with Crippen molar-refractivity contribution in [3.8, 4) is 0 Å². The molecule has 3 aliphatic rings. The summed E-state index contributed by atoms with van der Waals surface area (Å²) in [6.07, 6.45) is -1.04. The van der Waals surface area contributed by atoms with E-state index in [1.54, 1.807) is 0 Å². The van der Waals surface area contributed by atoms with E-state index in [1.807, 2.05) is 6.08 Å². The van der Waals surface area contributed by atoms with E-state index in [0.717, 1.165) is 24.5 Å². The molecule has 0 spiro atoms. The molecule has 3 saturated carbocycles. The smallest absolute Gasteiger partial charge is 0.326 e. The van der Waals surface area contributed by atoms with Gasteiger partial charge in [0.25, 0.3) is 0 Å². The number of carbonyl (C=O) groups is 1. The maximum Gasteiger partial charge on any atom is 0.419 e. The van der Waals surface area contributed by atoms with Gasteiger partial charge in [-0.15, -0.1) is 0 Å². The molecule has 2 bridgehead atoms. The second-order valence-corrected chi connectivity index (χ2v) is 8.10. The molecule has 0 aromatic heterocycles. The molecule has 152 valence electrons. The first-order valence-electron chi connectivity index (χ1n) is 9.30. The fraction of sp³-hybridized carbons (Fsp3) is 0.550. The lowest BCUT2D eigenvalue weighted by Crippen LogP contribution is -2.34. The van der Waals surface area contributed by atoms with Gasteiger partial charge in [-0.2, -0.15) is 13.2 Å². The zero-order chi connectivity index (χ0) is 20.3. The van der Waals surface area contributed by atoms with Gasteiger partial charge in [0.15, 0.2) is 0 Å². The molecular weight excluding hydrogens is 384 g/mol. The standard InChI is InChI=1S/C20H19F6NO/c21-17-4-2-12(7-16(17)20(24,25)26)27-18(28)15-6-11-1-3-13(15)14(11)5-10-8-19(22,23)9-10/h2,4-5,7,10-11,13,15H,1,3,6,8-9H2,(H,27,28)/b14-5-/t11-,13+,15+/m1/s1. The van der Waals surface area contributed by atoms with Gasteiger partial charge in [0.1, 0.15) is 5.82 Å². The van der Waals surface area contributed by atoms with Crippen molar-refractivity contribution < 1.29 is 31.1 Å². The van der Waals surface area contributed by atoms with Gasteiger partial charge in [-0.3, -0.25) is 4.79 Å². The van der Waals surface area contributed by atoms with E-state index in [0.29, 0.717) is 18.6 Å². The Hall–Kier alpha value is -1.99. The molecule has 3 fully saturated rings. The SMILES string of the molecule is O=C(Nc1ccc(F)c(C(F)(F)F)c1)[C@H]1C[C@H]2CC[C@H]1/C2=C\C1CC(F)(F)C1. The largest absolute Gasteiger partial charge is 0.419 e. The van der Waals surface area contributed by atoms with Crippen LogP contribution in [0.3, 0.4) is 0 Å². The van der Waals surface area contributed by atoms with E-state index in [2.05, 4.69) is 5.32 Å². The van der Waals surface area contributed by atoms with E-state index in [1.165, 1.54) is 0 Å². The minimum Gasteiger partial charge on any atom is -0.326 e. The zero-order valence-electron chi connectivity index (χ0n) is 14.8. The van der Waals surface area contributed by atoms with E-state index >= 15 is 0 Å². The Morgan fingerprint density at radius 2 is 1.89 bits per heavy atom. The minimum absolute atomic E-state index is 0.0539. The summed E-state index contributed by atoms with van der Waals surface area (Å²) >= 11 is 0. The maximum absolute atomic E-state index is 13.4. The summed E-state index contributed by atoms with van der Waals surface area (Å²) in [7, 11) is 0. The zero-order valence-corrected chi connectivity index (χ0v) is 14.8. The number of anilines is 1. The lowest BCUT2D eigenvalue weighted by atomic mass is 9.79. The minimum atomic E-state index is -4.85. The number of fused-ring (bicyclic) bond motifs is 2. The van der Waals surface area contributed by atoms with Crippen molar-refractivity contribution in [2.75, 3.05) is 5.32 Å². The summed E-state index contributed by atoms with van der Waals surface area (Å²) in [6, 6.07) is 2.37. The molecule has 1 amide bonds. The van der Waals surface area contributed by atoms with Crippen LogP contribution >= 0.6 is 0 Å². The van der Waals surface area contributed by atoms with E-state index < -0.39 is 35.3 Å². The van der Waals surface area contributed by atoms with Crippen molar-refractivity contribution in [3.63, 3.8) is 0 Å². The number of carbonyl (C=O) groups excluding carboxylic acids is 1. The van der Waals surface area contributed by atoms with Gasteiger partial charge in [0, 0.05) is 24.4 Å². The molecule has 4 rings (SSSR count). The fourth-order valence-corrected chi connectivity index (χ4v) is 4.88. The van der Waals surface area contributed by atoms with Gasteiger partial charge in [-0.05, 0) is 55.2 Å². The van der Waals surface area contributed by atoms with Crippen LogP contribution in [0.5, 0.6) is 0 Å². The summed E-state index contributed by atoms with van der Waals surface area (Å²) in [5.41, 5.74) is -0.480. The second-order valence-electron chi connectivity index (χ2n) is 8.10. The maximum atomic E-state index is 13.4. The molecule has 1 aromatic rings. The summed E-state index contributed by atoms with van der Waals surface area (Å²) in [6.45, 7) is 0. The predicted octanol–water partition coefficient (Wildman–Crippen LogP) is 5.80. The fourth-order valence-electron chi connectivity index (χ4n) is 4.88. The number of alkyl halides is 5. The number of rotatable bonds is 3. The summed E-state index contributed by atoms with van der Waals surface area (Å²) < 4.78 is 78.1. The van der Waals surface area contributed by atoms with E-state index in [4.69, 9.17) is 0 Å². The molecule has 1 N–H and O–H groups in total. The molecule has 3 aliphatic carbocycles. The molecule has 0 unspecified atom stereocenters. The first-order chi connectivity index (χ1) is 13.0. The number of hydrogen-bond donors (Lipinski definition) is 1. The highest BCUT2D eigenvalue weighted by Gasteiger charge is 2.49. The van der Waals surface area contributed by atoms with Crippen LogP contribution in [0.15, 0.2) is 29.8 Å². The molecule has 0 saturated heterocycles. The van der Waals surface area contributed by atoms with Gasteiger partial charge in [0.05, 0.1) is 5.56 Å². The van der Waals surface area contributed by atoms with E-state index in [9.17, 15) is 31.1 Å².